The first-order chi connectivity index (χ1) is 16.5. The highest BCUT2D eigenvalue weighted by Crippen LogP contribution is 2.32. The summed E-state index contributed by atoms with van der Waals surface area (Å²) in [7, 11) is 1.27. The summed E-state index contributed by atoms with van der Waals surface area (Å²) in [5.41, 5.74) is 0. The van der Waals surface area contributed by atoms with Gasteiger partial charge in [-0.2, -0.15) is 0 Å². The maximum atomic E-state index is 10.4. The van der Waals surface area contributed by atoms with Crippen LogP contribution in [-0.4, -0.2) is 157 Å². The number of rotatable bonds is 8. The Bertz CT molecular complexity index is 600. The van der Waals surface area contributed by atoms with Gasteiger partial charge in [0.2, 0.25) is 0 Å². The molecule has 10 N–H and O–H groups in total. The molecule has 3 heterocycles. The number of methoxy groups -OCH3 is 1. The van der Waals surface area contributed by atoms with Crippen LogP contribution in [0.3, 0.4) is 0 Å². The van der Waals surface area contributed by atoms with Crippen molar-refractivity contribution in [3.63, 3.8) is 0 Å². The quantitative estimate of drug-likeness (QED) is 0.146. The molecule has 0 radical (unpaired) electrons. The van der Waals surface area contributed by atoms with E-state index in [2.05, 4.69) is 0 Å². The predicted molar refractivity (Wildman–Crippen MR) is 113 cm³/mol. The lowest BCUT2D eigenvalue weighted by atomic mass is 9.87. The molecule has 14 heteroatoms. The Morgan fingerprint density at radius 3 is 1.14 bits per heavy atom. The van der Waals surface area contributed by atoms with Crippen molar-refractivity contribution in [3.8, 4) is 0 Å². The maximum absolute atomic E-state index is 10.4. The Kier molecular flexibility index (Phi) is 10.2. The van der Waals surface area contributed by atoms with Crippen LogP contribution in [-0.2, 0) is 18.9 Å². The number of hydrogen-bond acceptors (Lipinski definition) is 14. The summed E-state index contributed by atoms with van der Waals surface area (Å²) in [5, 5.41) is 101. The highest BCUT2D eigenvalue weighted by molar-refractivity contribution is 4.96. The van der Waals surface area contributed by atoms with Gasteiger partial charge >= 0.3 is 0 Å². The van der Waals surface area contributed by atoms with E-state index in [4.69, 9.17) is 18.9 Å². The zero-order chi connectivity index (χ0) is 26.0. The highest BCUT2D eigenvalue weighted by atomic mass is 16.7. The minimum absolute atomic E-state index is 0.0305. The molecule has 3 aliphatic rings. The predicted octanol–water partition coefficient (Wildman–Crippen LogP) is -5.31. The molecule has 0 amide bonds. The van der Waals surface area contributed by atoms with Gasteiger partial charge in [-0.25, -0.2) is 0 Å². The van der Waals surface area contributed by atoms with Gasteiger partial charge in [-0.3, -0.25) is 0 Å². The third-order valence-corrected chi connectivity index (χ3v) is 7.17. The summed E-state index contributed by atoms with van der Waals surface area (Å²) < 4.78 is 21.7. The van der Waals surface area contributed by atoms with E-state index in [1.807, 2.05) is 0 Å². The second-order valence-electron chi connectivity index (χ2n) is 9.46. The van der Waals surface area contributed by atoms with Crippen LogP contribution in [0.1, 0.15) is 25.7 Å². The van der Waals surface area contributed by atoms with Crippen LogP contribution in [0.15, 0.2) is 0 Å². The van der Waals surface area contributed by atoms with Crippen molar-refractivity contribution in [1.82, 2.24) is 0 Å². The molecule has 3 fully saturated rings. The third kappa shape index (κ3) is 6.13. The SMILES string of the molecule is CO[C@@H]1O[C@H](CC[C@@H]2O[C@H](CC[C@@H]3O[C@H](CO)[C@H](O)[C@H](O)[C@H]3O)[C@H](O)[C@H](O)[C@H]2O)[C@H](O)[C@H](O)[C@H]1O. The van der Waals surface area contributed by atoms with Crippen LogP contribution >= 0.6 is 0 Å². The molecule has 0 bridgehead atoms. The van der Waals surface area contributed by atoms with E-state index >= 15 is 0 Å². The number of hydrogen-bond donors (Lipinski definition) is 10. The van der Waals surface area contributed by atoms with Gasteiger partial charge in [-0.15, -0.1) is 0 Å². The van der Waals surface area contributed by atoms with Crippen LogP contribution < -0.4 is 0 Å². The molecule has 0 unspecified atom stereocenters. The highest BCUT2D eigenvalue weighted by Gasteiger charge is 2.48. The molecule has 0 aromatic heterocycles. The number of aliphatic hydroxyl groups is 10. The third-order valence-electron chi connectivity index (χ3n) is 7.17. The van der Waals surface area contributed by atoms with Crippen molar-refractivity contribution in [2.24, 2.45) is 0 Å². The standard InChI is InChI=1S/C21H38O14/c1-32-21-20(31)19(30)15(26)10(35-21)5-4-8-13(24)17(28)12(23)7(33-8)2-3-9-14(25)18(29)16(27)11(6-22)34-9/h7-31H,2-6H2,1H3/t7-,8+,9+,10-,11-,12+,13+,14+,15+,16+,17+,18-,19+,20-,21-/m1/s1. The van der Waals surface area contributed by atoms with E-state index in [1.165, 1.54) is 7.11 Å². The van der Waals surface area contributed by atoms with Crippen LogP contribution in [0.2, 0.25) is 0 Å². The van der Waals surface area contributed by atoms with Gasteiger partial charge in [0.05, 0.1) is 31.0 Å². The molecule has 3 rings (SSSR count). The van der Waals surface area contributed by atoms with Crippen LogP contribution in [0.4, 0.5) is 0 Å². The van der Waals surface area contributed by atoms with Gasteiger partial charge in [0.25, 0.3) is 0 Å². The summed E-state index contributed by atoms with van der Waals surface area (Å²) in [4.78, 5) is 0. The van der Waals surface area contributed by atoms with Gasteiger partial charge in [-0.05, 0) is 25.7 Å². The Morgan fingerprint density at radius 2 is 0.771 bits per heavy atom. The molecule has 14 nitrogen and oxygen atoms in total. The second kappa shape index (κ2) is 12.3. The van der Waals surface area contributed by atoms with E-state index in [0.29, 0.717) is 0 Å². The fourth-order valence-corrected chi connectivity index (χ4v) is 4.93. The molecule has 3 aliphatic heterocycles. The van der Waals surface area contributed by atoms with Crippen molar-refractivity contribution in [1.29, 1.82) is 0 Å². The van der Waals surface area contributed by atoms with E-state index in [1.54, 1.807) is 0 Å². The summed E-state index contributed by atoms with van der Waals surface area (Å²) in [6.45, 7) is -0.582. The largest absolute Gasteiger partial charge is 0.394 e. The van der Waals surface area contributed by atoms with Crippen LogP contribution in [0.25, 0.3) is 0 Å². The summed E-state index contributed by atoms with van der Waals surface area (Å²) in [5.74, 6) is 0. The Balaban J connectivity index is 1.59. The fourth-order valence-electron chi connectivity index (χ4n) is 4.93. The number of ether oxygens (including phenoxy) is 4. The van der Waals surface area contributed by atoms with Crippen molar-refractivity contribution in [2.45, 2.75) is 117 Å². The zero-order valence-electron chi connectivity index (χ0n) is 19.3. The lowest BCUT2D eigenvalue weighted by molar-refractivity contribution is -0.293. The first-order valence-electron chi connectivity index (χ1n) is 11.7. The lowest BCUT2D eigenvalue weighted by Crippen LogP contribution is -2.60. The molecule has 0 aliphatic carbocycles. The topological polar surface area (TPSA) is 239 Å². The molecule has 0 spiro atoms. The van der Waals surface area contributed by atoms with E-state index in [-0.39, 0.29) is 25.7 Å². The molecule has 3 saturated heterocycles. The molecule has 15 atom stereocenters. The van der Waals surface area contributed by atoms with Crippen molar-refractivity contribution in [2.75, 3.05) is 13.7 Å². The van der Waals surface area contributed by atoms with Gasteiger partial charge in [0.15, 0.2) is 6.29 Å². The van der Waals surface area contributed by atoms with Crippen LogP contribution in [0, 0.1) is 0 Å². The van der Waals surface area contributed by atoms with Gasteiger partial charge in [-0.1, -0.05) is 0 Å². The van der Waals surface area contributed by atoms with Gasteiger partial charge in [0.1, 0.15) is 61.0 Å². The summed E-state index contributed by atoms with van der Waals surface area (Å²) in [6, 6.07) is 0. The van der Waals surface area contributed by atoms with Crippen LogP contribution in [0.5, 0.6) is 0 Å². The minimum Gasteiger partial charge on any atom is -0.394 e. The molecule has 0 aromatic rings. The first-order valence-corrected chi connectivity index (χ1v) is 11.7. The first kappa shape index (κ1) is 29.0. The smallest absolute Gasteiger partial charge is 0.186 e. The van der Waals surface area contributed by atoms with Crippen molar-refractivity contribution in [3.05, 3.63) is 0 Å². The lowest BCUT2D eigenvalue weighted by Gasteiger charge is -2.44. The van der Waals surface area contributed by atoms with Crippen molar-refractivity contribution >= 4 is 0 Å². The summed E-state index contributed by atoms with van der Waals surface area (Å²) in [6.07, 6.45) is -19.5. The molecule has 0 saturated carbocycles. The average molecular weight is 515 g/mol. The Labute approximate surface area is 201 Å². The Morgan fingerprint density at radius 1 is 0.457 bits per heavy atom. The van der Waals surface area contributed by atoms with Gasteiger partial charge in [0, 0.05) is 7.11 Å². The minimum atomic E-state index is -1.56. The molecule has 206 valence electrons. The summed E-state index contributed by atoms with van der Waals surface area (Å²) >= 11 is 0. The van der Waals surface area contributed by atoms with Gasteiger partial charge < -0.3 is 70.0 Å². The molecular formula is C21H38O14. The Hall–Kier alpha value is -0.560. The maximum Gasteiger partial charge on any atom is 0.186 e. The molecular weight excluding hydrogens is 476 g/mol. The van der Waals surface area contributed by atoms with E-state index in [9.17, 15) is 51.1 Å². The molecule has 35 heavy (non-hydrogen) atoms. The monoisotopic (exact) mass is 514 g/mol. The number of aliphatic hydroxyl groups excluding tert-OH is 10. The second-order valence-corrected chi connectivity index (χ2v) is 9.46. The van der Waals surface area contributed by atoms with E-state index < -0.39 is 98.4 Å². The van der Waals surface area contributed by atoms with Crippen molar-refractivity contribution < 1.29 is 70.0 Å². The van der Waals surface area contributed by atoms with E-state index in [0.717, 1.165) is 0 Å². The average Bonchev–Trinajstić information content (AvgIpc) is 2.85. The fraction of sp³-hybridized carbons (Fsp3) is 1.00. The zero-order valence-corrected chi connectivity index (χ0v) is 19.3. The normalized spacial score (nSPS) is 51.3. The molecule has 0 aromatic carbocycles.